The van der Waals surface area contributed by atoms with E-state index in [4.69, 9.17) is 5.11 Å². The molecular weight excluding hydrogens is 276 g/mol. The highest BCUT2D eigenvalue weighted by Gasteiger charge is 2.28. The van der Waals surface area contributed by atoms with E-state index in [9.17, 15) is 4.79 Å². The molecular formula is C18H24N2O2. The number of carbonyl (C=O) groups is 1. The van der Waals surface area contributed by atoms with Crippen LogP contribution in [0.25, 0.3) is 10.9 Å². The monoisotopic (exact) mass is 300 g/mol. The molecule has 2 atom stereocenters. The van der Waals surface area contributed by atoms with E-state index in [1.807, 2.05) is 0 Å². The van der Waals surface area contributed by atoms with Crippen molar-refractivity contribution < 1.29 is 9.90 Å². The maximum absolute atomic E-state index is 11.1. The molecule has 0 saturated carbocycles. The number of hydrogen-bond acceptors (Lipinski definition) is 1. The first-order valence-corrected chi connectivity index (χ1v) is 8.13. The second-order valence-electron chi connectivity index (χ2n) is 6.65. The molecule has 4 nitrogen and oxygen atoms in total. The molecule has 0 fully saturated rings. The molecule has 2 unspecified atom stereocenters. The summed E-state index contributed by atoms with van der Waals surface area (Å²) in [4.78, 5) is 11.1. The first kappa shape index (κ1) is 14.9. The molecule has 1 aliphatic heterocycles. The van der Waals surface area contributed by atoms with Gasteiger partial charge < -0.3 is 15.0 Å². The van der Waals surface area contributed by atoms with Crippen LogP contribution in [-0.2, 0) is 13.0 Å². The second-order valence-corrected chi connectivity index (χ2v) is 6.65. The Hall–Kier alpha value is -1.97. The molecule has 1 aromatic heterocycles. The van der Waals surface area contributed by atoms with Crippen molar-refractivity contribution in [1.82, 2.24) is 9.88 Å². The lowest BCUT2D eigenvalue weighted by Crippen LogP contribution is -2.43. The van der Waals surface area contributed by atoms with Gasteiger partial charge in [0.25, 0.3) is 0 Å². The lowest BCUT2D eigenvalue weighted by Gasteiger charge is -2.29. The van der Waals surface area contributed by atoms with Crippen LogP contribution in [-0.4, -0.2) is 21.8 Å². The van der Waals surface area contributed by atoms with Crippen molar-refractivity contribution in [2.24, 2.45) is 11.8 Å². The summed E-state index contributed by atoms with van der Waals surface area (Å²) in [5, 5.41) is 13.1. The minimum atomic E-state index is -0.909. The smallest absolute Gasteiger partial charge is 0.404 e. The summed E-state index contributed by atoms with van der Waals surface area (Å²) < 4.78 is 2.41. The van der Waals surface area contributed by atoms with Gasteiger partial charge in [-0.3, -0.25) is 0 Å². The Kier molecular flexibility index (Phi) is 4.10. The predicted molar refractivity (Wildman–Crippen MR) is 88.2 cm³/mol. The Balaban J connectivity index is 1.82. The molecule has 118 valence electrons. The molecule has 4 heteroatoms. The third-order valence-corrected chi connectivity index (χ3v) is 4.91. The zero-order valence-corrected chi connectivity index (χ0v) is 13.2. The maximum atomic E-state index is 11.1. The van der Waals surface area contributed by atoms with Gasteiger partial charge in [-0.2, -0.15) is 0 Å². The van der Waals surface area contributed by atoms with Gasteiger partial charge in [-0.1, -0.05) is 32.0 Å². The average Bonchev–Trinajstić information content (AvgIpc) is 2.70. The molecule has 0 saturated heterocycles. The van der Waals surface area contributed by atoms with Crippen LogP contribution in [0, 0.1) is 11.8 Å². The fourth-order valence-electron chi connectivity index (χ4n) is 3.84. The van der Waals surface area contributed by atoms with E-state index in [2.05, 4.69) is 54.1 Å². The molecule has 2 N–H and O–H groups in total. The van der Waals surface area contributed by atoms with Crippen molar-refractivity contribution >= 4 is 17.0 Å². The summed E-state index contributed by atoms with van der Waals surface area (Å²) in [7, 11) is 0. The largest absolute Gasteiger partial charge is 0.465 e. The van der Waals surface area contributed by atoms with Crippen molar-refractivity contribution in [2.75, 3.05) is 0 Å². The molecule has 2 aromatic rings. The van der Waals surface area contributed by atoms with E-state index in [0.29, 0.717) is 11.8 Å². The third kappa shape index (κ3) is 2.82. The van der Waals surface area contributed by atoms with Gasteiger partial charge in [-0.05, 0) is 48.6 Å². The molecule has 22 heavy (non-hydrogen) atoms. The molecule has 2 heterocycles. The molecule has 0 aliphatic carbocycles. The number of aryl methyl sites for hydroxylation is 2. The van der Waals surface area contributed by atoms with Crippen LogP contribution in [0.3, 0.4) is 0 Å². The van der Waals surface area contributed by atoms with E-state index >= 15 is 0 Å². The van der Waals surface area contributed by atoms with Gasteiger partial charge in [-0.25, -0.2) is 4.79 Å². The normalized spacial score (nSPS) is 19.7. The molecule has 0 radical (unpaired) electrons. The van der Waals surface area contributed by atoms with Crippen molar-refractivity contribution in [3.05, 3.63) is 36.0 Å². The number of rotatable bonds is 3. The van der Waals surface area contributed by atoms with Crippen LogP contribution in [0.1, 0.15) is 32.4 Å². The van der Waals surface area contributed by atoms with Crippen LogP contribution in [0.2, 0.25) is 0 Å². The Labute approximate surface area is 131 Å². The Bertz CT molecular complexity index is 675. The molecule has 1 amide bonds. The van der Waals surface area contributed by atoms with Crippen LogP contribution in [0.15, 0.2) is 30.3 Å². The average molecular weight is 300 g/mol. The van der Waals surface area contributed by atoms with Gasteiger partial charge in [0.05, 0.1) is 0 Å². The van der Waals surface area contributed by atoms with Gasteiger partial charge in [0, 0.05) is 23.8 Å². The van der Waals surface area contributed by atoms with Crippen LogP contribution >= 0.6 is 0 Å². The molecule has 1 aromatic carbocycles. The summed E-state index contributed by atoms with van der Waals surface area (Å²) >= 11 is 0. The van der Waals surface area contributed by atoms with Crippen molar-refractivity contribution in [3.63, 3.8) is 0 Å². The van der Waals surface area contributed by atoms with E-state index in [-0.39, 0.29) is 6.04 Å². The SMILES string of the molecule is CC(C)C(NC(=O)O)C1CCc2cc3ccccc3n2CC1. The highest BCUT2D eigenvalue weighted by atomic mass is 16.4. The standard InChI is InChI=1S/C18H24N2O2/c1-12(2)17(19-18(21)22)13-7-8-15-11-14-5-3-4-6-16(14)20(15)10-9-13/h3-6,11-13,17,19H,7-10H2,1-2H3,(H,21,22). The number of hydrogen-bond donors (Lipinski definition) is 2. The quantitative estimate of drug-likeness (QED) is 0.903. The van der Waals surface area contributed by atoms with E-state index < -0.39 is 6.09 Å². The topological polar surface area (TPSA) is 54.3 Å². The number of nitrogens with zero attached hydrogens (tertiary/aromatic N) is 1. The number of aromatic nitrogens is 1. The first-order chi connectivity index (χ1) is 10.6. The number of nitrogens with one attached hydrogen (secondary N) is 1. The Morgan fingerprint density at radius 2 is 2.09 bits per heavy atom. The maximum Gasteiger partial charge on any atom is 0.404 e. The minimum absolute atomic E-state index is 0.0355. The summed E-state index contributed by atoms with van der Waals surface area (Å²) in [6.07, 6.45) is 2.17. The minimum Gasteiger partial charge on any atom is -0.465 e. The van der Waals surface area contributed by atoms with E-state index in [1.165, 1.54) is 16.6 Å². The number of amides is 1. The van der Waals surface area contributed by atoms with Gasteiger partial charge in [0.15, 0.2) is 0 Å². The molecule has 3 rings (SSSR count). The highest BCUT2D eigenvalue weighted by molar-refractivity contribution is 5.81. The van der Waals surface area contributed by atoms with E-state index in [1.54, 1.807) is 0 Å². The van der Waals surface area contributed by atoms with Crippen molar-refractivity contribution in [3.8, 4) is 0 Å². The van der Waals surface area contributed by atoms with Gasteiger partial charge in [0.1, 0.15) is 0 Å². The number of para-hydroxylation sites is 1. The second kappa shape index (κ2) is 6.03. The van der Waals surface area contributed by atoms with Gasteiger partial charge >= 0.3 is 6.09 Å². The summed E-state index contributed by atoms with van der Waals surface area (Å²) in [5.74, 6) is 0.713. The highest BCUT2D eigenvalue weighted by Crippen LogP contribution is 2.30. The fourth-order valence-corrected chi connectivity index (χ4v) is 3.84. The van der Waals surface area contributed by atoms with Gasteiger partial charge in [0.2, 0.25) is 0 Å². The lowest BCUT2D eigenvalue weighted by atomic mass is 9.85. The first-order valence-electron chi connectivity index (χ1n) is 8.13. The number of benzene rings is 1. The summed E-state index contributed by atoms with van der Waals surface area (Å²) in [5.41, 5.74) is 2.67. The van der Waals surface area contributed by atoms with Crippen molar-refractivity contribution in [1.29, 1.82) is 0 Å². The van der Waals surface area contributed by atoms with Crippen LogP contribution in [0.4, 0.5) is 4.79 Å². The van der Waals surface area contributed by atoms with Crippen molar-refractivity contribution in [2.45, 2.75) is 45.7 Å². The predicted octanol–water partition coefficient (Wildman–Crippen LogP) is 3.89. The molecule has 1 aliphatic rings. The molecule has 0 spiro atoms. The summed E-state index contributed by atoms with van der Waals surface area (Å²) in [6, 6.07) is 10.8. The fraction of sp³-hybridized carbons (Fsp3) is 0.500. The Morgan fingerprint density at radius 1 is 1.32 bits per heavy atom. The molecule has 0 bridgehead atoms. The third-order valence-electron chi connectivity index (χ3n) is 4.91. The van der Waals surface area contributed by atoms with Crippen LogP contribution in [0.5, 0.6) is 0 Å². The number of fused-ring (bicyclic) bond motifs is 3. The van der Waals surface area contributed by atoms with E-state index in [0.717, 1.165) is 25.8 Å². The summed E-state index contributed by atoms with van der Waals surface area (Å²) in [6.45, 7) is 5.17. The lowest BCUT2D eigenvalue weighted by molar-refractivity contribution is 0.172. The number of carboxylic acid groups (broad SMARTS) is 1. The van der Waals surface area contributed by atoms with Crippen LogP contribution < -0.4 is 5.32 Å². The Morgan fingerprint density at radius 3 is 2.82 bits per heavy atom. The zero-order valence-electron chi connectivity index (χ0n) is 13.2. The zero-order chi connectivity index (χ0) is 15.7. The van der Waals surface area contributed by atoms with Gasteiger partial charge in [-0.15, -0.1) is 0 Å².